The Morgan fingerprint density at radius 3 is 2.28 bits per heavy atom. The second kappa shape index (κ2) is 9.87. The summed E-state index contributed by atoms with van der Waals surface area (Å²) in [5.74, 6) is 1.23. The molecule has 7 heteroatoms. The number of nitrogen functional groups attached to an aromatic ring is 1. The van der Waals surface area contributed by atoms with Crippen LogP contribution in [0.1, 0.15) is 17.0 Å². The van der Waals surface area contributed by atoms with Gasteiger partial charge in [-0.05, 0) is 41.5 Å². The van der Waals surface area contributed by atoms with Crippen LogP contribution in [-0.4, -0.2) is 15.0 Å². The van der Waals surface area contributed by atoms with Crippen LogP contribution >= 0.6 is 0 Å². The fourth-order valence-corrected chi connectivity index (χ4v) is 2.93. The number of anilines is 3. The largest absolute Gasteiger partial charge is 0.489 e. The molecule has 0 saturated carbocycles. The van der Waals surface area contributed by atoms with Gasteiger partial charge in [0.05, 0.1) is 5.57 Å². The number of ether oxygens (including phenoxy) is 1. The molecule has 0 bridgehead atoms. The van der Waals surface area contributed by atoms with Crippen LogP contribution in [0.3, 0.4) is 0 Å². The summed E-state index contributed by atoms with van der Waals surface area (Å²) in [6.07, 6.45) is 1.70. The number of hydrogen-bond donors (Lipinski definition) is 2. The van der Waals surface area contributed by atoms with Crippen LogP contribution in [0.4, 0.5) is 17.6 Å². The van der Waals surface area contributed by atoms with Gasteiger partial charge in [0.15, 0.2) is 5.82 Å². The minimum atomic E-state index is 0.0271. The molecule has 1 heterocycles. The average molecular weight is 420 g/mol. The Morgan fingerprint density at radius 2 is 1.59 bits per heavy atom. The average Bonchev–Trinajstić information content (AvgIpc) is 2.83. The number of para-hydroxylation sites is 1. The second-order valence-corrected chi connectivity index (χ2v) is 6.84. The van der Waals surface area contributed by atoms with Gasteiger partial charge in [-0.2, -0.15) is 20.2 Å². The van der Waals surface area contributed by atoms with Gasteiger partial charge < -0.3 is 15.8 Å². The number of nitrogens with zero attached hydrogens (tertiary/aromatic N) is 4. The number of benzene rings is 3. The van der Waals surface area contributed by atoms with Crippen molar-refractivity contribution in [1.82, 2.24) is 15.0 Å². The third kappa shape index (κ3) is 5.46. The van der Waals surface area contributed by atoms with Crippen molar-refractivity contribution in [3.63, 3.8) is 0 Å². The number of aromatic nitrogens is 3. The number of nitriles is 1. The zero-order valence-corrected chi connectivity index (χ0v) is 17.1. The van der Waals surface area contributed by atoms with E-state index >= 15 is 0 Å². The maximum absolute atomic E-state index is 9.67. The fraction of sp³-hybridized carbons (Fsp3) is 0.0400. The summed E-state index contributed by atoms with van der Waals surface area (Å²) in [5, 5.41) is 12.7. The molecule has 3 N–H and O–H groups in total. The second-order valence-electron chi connectivity index (χ2n) is 6.84. The maximum atomic E-state index is 9.67. The van der Waals surface area contributed by atoms with E-state index in [4.69, 9.17) is 10.5 Å². The highest BCUT2D eigenvalue weighted by atomic mass is 16.5. The van der Waals surface area contributed by atoms with Gasteiger partial charge in [-0.25, -0.2) is 0 Å². The summed E-state index contributed by atoms with van der Waals surface area (Å²) in [5.41, 5.74) is 8.82. The lowest BCUT2D eigenvalue weighted by molar-refractivity contribution is 0.306. The van der Waals surface area contributed by atoms with E-state index in [-0.39, 0.29) is 23.3 Å². The first-order chi connectivity index (χ1) is 15.7. The van der Waals surface area contributed by atoms with Crippen LogP contribution < -0.4 is 15.8 Å². The van der Waals surface area contributed by atoms with Gasteiger partial charge in [-0.15, -0.1) is 0 Å². The summed E-state index contributed by atoms with van der Waals surface area (Å²) in [6, 6.07) is 29.0. The molecule has 0 aliphatic heterocycles. The zero-order chi connectivity index (χ0) is 22.2. The molecule has 0 amide bonds. The van der Waals surface area contributed by atoms with Gasteiger partial charge in [0.2, 0.25) is 11.9 Å². The van der Waals surface area contributed by atoms with Crippen LogP contribution in [0.5, 0.6) is 5.75 Å². The van der Waals surface area contributed by atoms with Crippen molar-refractivity contribution in [3.8, 4) is 11.8 Å². The van der Waals surface area contributed by atoms with Crippen molar-refractivity contribution in [1.29, 1.82) is 5.26 Å². The summed E-state index contributed by atoms with van der Waals surface area (Å²) in [7, 11) is 0. The van der Waals surface area contributed by atoms with Gasteiger partial charge in [-0.1, -0.05) is 60.7 Å². The van der Waals surface area contributed by atoms with Crippen molar-refractivity contribution in [2.45, 2.75) is 6.61 Å². The molecule has 4 rings (SSSR count). The van der Waals surface area contributed by atoms with Crippen LogP contribution in [0.25, 0.3) is 11.6 Å². The van der Waals surface area contributed by atoms with E-state index < -0.39 is 0 Å². The lowest BCUT2D eigenvalue weighted by Gasteiger charge is -2.07. The molecule has 4 aromatic rings. The standard InChI is InChI=1S/C25H20N6O/c26-16-20(23-29-24(27)31-25(30-23)28-21-9-5-2-6-10-21)15-18-11-13-22(14-12-18)32-17-19-7-3-1-4-8-19/h1-15H,17H2,(H3,27,28,29,30,31)/b20-15+. The van der Waals surface area contributed by atoms with Crippen LogP contribution in [-0.2, 0) is 6.61 Å². The first-order valence-corrected chi connectivity index (χ1v) is 9.92. The predicted molar refractivity (Wildman–Crippen MR) is 125 cm³/mol. The minimum absolute atomic E-state index is 0.0271. The fourth-order valence-electron chi connectivity index (χ4n) is 2.93. The summed E-state index contributed by atoms with van der Waals surface area (Å²) >= 11 is 0. The monoisotopic (exact) mass is 420 g/mol. The number of allylic oxidation sites excluding steroid dienone is 1. The summed E-state index contributed by atoms with van der Waals surface area (Å²) < 4.78 is 5.81. The Bertz CT molecular complexity index is 1250. The molecule has 7 nitrogen and oxygen atoms in total. The Kier molecular flexibility index (Phi) is 6.34. The normalized spacial score (nSPS) is 10.9. The Morgan fingerprint density at radius 1 is 0.906 bits per heavy atom. The van der Waals surface area contributed by atoms with Gasteiger partial charge in [0.25, 0.3) is 0 Å². The Balaban J connectivity index is 1.50. The lowest BCUT2D eigenvalue weighted by Crippen LogP contribution is -2.06. The molecule has 0 atom stereocenters. The molecule has 0 radical (unpaired) electrons. The number of nitrogens with one attached hydrogen (secondary N) is 1. The predicted octanol–water partition coefficient (Wildman–Crippen LogP) is 4.84. The Hall–Kier alpha value is -4.70. The summed E-state index contributed by atoms with van der Waals surface area (Å²) in [6.45, 7) is 0.487. The molecule has 0 spiro atoms. The Labute approximate surface area is 185 Å². The first-order valence-electron chi connectivity index (χ1n) is 9.92. The van der Waals surface area contributed by atoms with E-state index in [0.29, 0.717) is 6.61 Å². The molecule has 156 valence electrons. The number of hydrogen-bond acceptors (Lipinski definition) is 7. The van der Waals surface area contributed by atoms with Crippen LogP contribution in [0.2, 0.25) is 0 Å². The van der Waals surface area contributed by atoms with Gasteiger partial charge in [-0.3, -0.25) is 0 Å². The molecule has 0 aliphatic rings. The molecule has 0 unspecified atom stereocenters. The molecule has 0 aliphatic carbocycles. The highest BCUT2D eigenvalue weighted by Gasteiger charge is 2.10. The molecule has 32 heavy (non-hydrogen) atoms. The minimum Gasteiger partial charge on any atom is -0.489 e. The van der Waals surface area contributed by atoms with Crippen LogP contribution in [0, 0.1) is 11.3 Å². The topological polar surface area (TPSA) is 110 Å². The lowest BCUT2D eigenvalue weighted by atomic mass is 10.1. The maximum Gasteiger partial charge on any atom is 0.232 e. The highest BCUT2D eigenvalue weighted by molar-refractivity contribution is 5.87. The van der Waals surface area contributed by atoms with Gasteiger partial charge in [0.1, 0.15) is 18.4 Å². The third-order valence-electron chi connectivity index (χ3n) is 4.48. The first kappa shape index (κ1) is 20.6. The SMILES string of the molecule is N#C/C(=C\c1ccc(OCc2ccccc2)cc1)c1nc(N)nc(Nc2ccccc2)n1. The highest BCUT2D eigenvalue weighted by Crippen LogP contribution is 2.20. The molecular formula is C25H20N6O. The van der Waals surface area contributed by atoms with Crippen molar-refractivity contribution in [3.05, 3.63) is 102 Å². The molecular weight excluding hydrogens is 400 g/mol. The van der Waals surface area contributed by atoms with Gasteiger partial charge >= 0.3 is 0 Å². The van der Waals surface area contributed by atoms with Crippen molar-refractivity contribution in [2.24, 2.45) is 0 Å². The van der Waals surface area contributed by atoms with E-state index in [1.807, 2.05) is 84.9 Å². The molecule has 3 aromatic carbocycles. The number of nitrogens with two attached hydrogens (primary N) is 1. The quantitative estimate of drug-likeness (QED) is 0.412. The van der Waals surface area contributed by atoms with E-state index in [0.717, 1.165) is 22.6 Å². The third-order valence-corrected chi connectivity index (χ3v) is 4.48. The molecule has 0 saturated heterocycles. The van der Waals surface area contributed by atoms with E-state index in [9.17, 15) is 5.26 Å². The van der Waals surface area contributed by atoms with E-state index in [1.54, 1.807) is 6.08 Å². The van der Waals surface area contributed by atoms with Crippen molar-refractivity contribution < 1.29 is 4.74 Å². The molecule has 1 aromatic heterocycles. The van der Waals surface area contributed by atoms with E-state index in [2.05, 4.69) is 26.3 Å². The van der Waals surface area contributed by atoms with Crippen molar-refractivity contribution in [2.75, 3.05) is 11.1 Å². The summed E-state index contributed by atoms with van der Waals surface area (Å²) in [4.78, 5) is 12.6. The van der Waals surface area contributed by atoms with E-state index in [1.165, 1.54) is 0 Å². The smallest absolute Gasteiger partial charge is 0.232 e. The molecule has 0 fully saturated rings. The van der Waals surface area contributed by atoms with Crippen LogP contribution in [0.15, 0.2) is 84.9 Å². The number of rotatable bonds is 7. The van der Waals surface area contributed by atoms with Crippen molar-refractivity contribution >= 4 is 29.2 Å². The van der Waals surface area contributed by atoms with Gasteiger partial charge in [0, 0.05) is 5.69 Å². The zero-order valence-electron chi connectivity index (χ0n) is 17.1.